The summed E-state index contributed by atoms with van der Waals surface area (Å²) >= 11 is 5.96. The Balaban J connectivity index is 1.69. The zero-order valence-electron chi connectivity index (χ0n) is 11.6. The van der Waals surface area contributed by atoms with Gasteiger partial charge < -0.3 is 5.32 Å². The van der Waals surface area contributed by atoms with Crippen LogP contribution in [0.3, 0.4) is 0 Å². The van der Waals surface area contributed by atoms with Crippen molar-refractivity contribution < 1.29 is 4.79 Å². The van der Waals surface area contributed by atoms with E-state index in [-0.39, 0.29) is 5.91 Å². The predicted molar refractivity (Wildman–Crippen MR) is 84.4 cm³/mol. The quantitative estimate of drug-likeness (QED) is 0.778. The van der Waals surface area contributed by atoms with Gasteiger partial charge in [-0.15, -0.1) is 0 Å². The Kier molecular flexibility index (Phi) is 4.16. The van der Waals surface area contributed by atoms with E-state index in [1.807, 2.05) is 24.3 Å². The molecule has 2 heterocycles. The number of halogens is 1. The first-order valence-electron chi connectivity index (χ1n) is 6.71. The molecule has 1 amide bonds. The lowest BCUT2D eigenvalue weighted by Crippen LogP contribution is -2.23. The van der Waals surface area contributed by atoms with Crippen LogP contribution >= 0.6 is 11.6 Å². The van der Waals surface area contributed by atoms with Crippen molar-refractivity contribution in [3.8, 4) is 11.3 Å². The van der Waals surface area contributed by atoms with Crippen LogP contribution in [-0.2, 0) is 6.54 Å². The molecule has 0 atom stereocenters. The summed E-state index contributed by atoms with van der Waals surface area (Å²) in [5.74, 6) is -0.218. The van der Waals surface area contributed by atoms with Gasteiger partial charge in [0, 0.05) is 29.5 Å². The van der Waals surface area contributed by atoms with E-state index in [4.69, 9.17) is 11.6 Å². The summed E-state index contributed by atoms with van der Waals surface area (Å²) in [6.45, 7) is 0.415. The smallest absolute Gasteiger partial charge is 0.269 e. The third-order valence-corrected chi connectivity index (χ3v) is 3.35. The third kappa shape index (κ3) is 3.32. The van der Waals surface area contributed by atoms with E-state index in [0.717, 1.165) is 11.1 Å². The van der Waals surface area contributed by atoms with Crippen molar-refractivity contribution in [3.05, 3.63) is 71.1 Å². The van der Waals surface area contributed by atoms with Crippen molar-refractivity contribution in [2.24, 2.45) is 0 Å². The first kappa shape index (κ1) is 14.3. The maximum atomic E-state index is 12.1. The standard InChI is InChI=1S/C16H13ClN4O/c17-13-5-1-4-12(7-13)14-8-15(21-20-14)16(22)19-10-11-3-2-6-18-9-11/h1-9H,10H2,(H,19,22)(H,20,21). The van der Waals surface area contributed by atoms with Gasteiger partial charge in [-0.25, -0.2) is 0 Å². The Morgan fingerprint density at radius 2 is 2.14 bits per heavy atom. The van der Waals surface area contributed by atoms with Gasteiger partial charge in [0.05, 0.1) is 5.69 Å². The van der Waals surface area contributed by atoms with Gasteiger partial charge in [-0.05, 0) is 29.8 Å². The van der Waals surface area contributed by atoms with E-state index in [1.54, 1.807) is 30.6 Å². The molecule has 2 N–H and O–H groups in total. The van der Waals surface area contributed by atoms with Gasteiger partial charge in [-0.1, -0.05) is 29.8 Å². The third-order valence-electron chi connectivity index (χ3n) is 3.12. The van der Waals surface area contributed by atoms with Crippen LogP contribution in [0, 0.1) is 0 Å². The van der Waals surface area contributed by atoms with Crippen LogP contribution in [0.5, 0.6) is 0 Å². The number of carbonyl (C=O) groups is 1. The predicted octanol–water partition coefficient (Wildman–Crippen LogP) is 3.06. The van der Waals surface area contributed by atoms with Crippen LogP contribution < -0.4 is 5.32 Å². The molecule has 2 aromatic heterocycles. The number of pyridine rings is 1. The average Bonchev–Trinajstić information content (AvgIpc) is 3.04. The summed E-state index contributed by atoms with van der Waals surface area (Å²) in [5.41, 5.74) is 2.87. The summed E-state index contributed by atoms with van der Waals surface area (Å²) in [7, 11) is 0. The molecular weight excluding hydrogens is 300 g/mol. The summed E-state index contributed by atoms with van der Waals surface area (Å²) in [6.07, 6.45) is 3.40. The Morgan fingerprint density at radius 3 is 2.91 bits per heavy atom. The number of hydrogen-bond donors (Lipinski definition) is 2. The average molecular weight is 313 g/mol. The fourth-order valence-corrected chi connectivity index (χ4v) is 2.20. The van der Waals surface area contributed by atoms with E-state index >= 15 is 0 Å². The molecule has 0 aliphatic rings. The summed E-state index contributed by atoms with van der Waals surface area (Å²) in [4.78, 5) is 16.1. The fraction of sp³-hybridized carbons (Fsp3) is 0.0625. The van der Waals surface area contributed by atoms with E-state index in [9.17, 15) is 4.79 Å². The van der Waals surface area contributed by atoms with Crippen molar-refractivity contribution in [2.75, 3.05) is 0 Å². The van der Waals surface area contributed by atoms with Gasteiger partial charge >= 0.3 is 0 Å². The Hall–Kier alpha value is -2.66. The molecule has 1 aromatic carbocycles. The lowest BCUT2D eigenvalue weighted by Gasteiger charge is -2.02. The molecule has 0 aliphatic heterocycles. The highest BCUT2D eigenvalue weighted by Crippen LogP contribution is 2.21. The number of benzene rings is 1. The molecule has 22 heavy (non-hydrogen) atoms. The number of amides is 1. The van der Waals surface area contributed by atoms with E-state index in [2.05, 4.69) is 20.5 Å². The number of aromatic amines is 1. The van der Waals surface area contributed by atoms with Crippen molar-refractivity contribution >= 4 is 17.5 Å². The molecule has 3 rings (SSSR count). The summed E-state index contributed by atoms with van der Waals surface area (Å²) in [6, 6.07) is 12.7. The number of nitrogens with zero attached hydrogens (tertiary/aromatic N) is 2. The highest BCUT2D eigenvalue weighted by Gasteiger charge is 2.11. The Morgan fingerprint density at radius 1 is 1.23 bits per heavy atom. The van der Waals surface area contributed by atoms with Crippen LogP contribution in [0.15, 0.2) is 54.9 Å². The molecule has 5 nitrogen and oxygen atoms in total. The maximum Gasteiger partial charge on any atom is 0.269 e. The molecule has 3 aromatic rings. The van der Waals surface area contributed by atoms with Gasteiger partial charge in [0.1, 0.15) is 5.69 Å². The van der Waals surface area contributed by atoms with Gasteiger partial charge in [0.15, 0.2) is 0 Å². The lowest BCUT2D eigenvalue weighted by molar-refractivity contribution is 0.0946. The topological polar surface area (TPSA) is 70.7 Å². The molecule has 0 aliphatic carbocycles. The molecule has 0 radical (unpaired) electrons. The molecule has 0 spiro atoms. The molecule has 0 saturated carbocycles. The zero-order valence-corrected chi connectivity index (χ0v) is 12.3. The highest BCUT2D eigenvalue weighted by molar-refractivity contribution is 6.30. The van der Waals surface area contributed by atoms with Gasteiger partial charge in [0.25, 0.3) is 5.91 Å². The van der Waals surface area contributed by atoms with E-state index in [1.165, 1.54) is 0 Å². The van der Waals surface area contributed by atoms with E-state index in [0.29, 0.717) is 23.0 Å². The second-order valence-corrected chi connectivity index (χ2v) is 5.16. The Labute approximate surface area is 132 Å². The van der Waals surface area contributed by atoms with Crippen LogP contribution in [0.2, 0.25) is 5.02 Å². The molecule has 0 unspecified atom stereocenters. The minimum Gasteiger partial charge on any atom is -0.347 e. The van der Waals surface area contributed by atoms with Gasteiger partial charge in [-0.2, -0.15) is 5.10 Å². The highest BCUT2D eigenvalue weighted by atomic mass is 35.5. The first-order valence-corrected chi connectivity index (χ1v) is 7.08. The molecule has 0 fully saturated rings. The number of nitrogens with one attached hydrogen (secondary N) is 2. The minimum absolute atomic E-state index is 0.218. The largest absolute Gasteiger partial charge is 0.347 e. The SMILES string of the molecule is O=C(NCc1cccnc1)c1cc(-c2cccc(Cl)c2)n[nH]1. The normalized spacial score (nSPS) is 10.4. The summed E-state index contributed by atoms with van der Waals surface area (Å²) < 4.78 is 0. The van der Waals surface area contributed by atoms with Crippen LogP contribution in [0.4, 0.5) is 0 Å². The molecule has 0 saturated heterocycles. The maximum absolute atomic E-state index is 12.1. The number of hydrogen-bond acceptors (Lipinski definition) is 3. The first-order chi connectivity index (χ1) is 10.7. The van der Waals surface area contributed by atoms with Crippen LogP contribution in [0.25, 0.3) is 11.3 Å². The van der Waals surface area contributed by atoms with E-state index < -0.39 is 0 Å². The molecule has 6 heteroatoms. The lowest BCUT2D eigenvalue weighted by atomic mass is 10.1. The van der Waals surface area contributed by atoms with Crippen molar-refractivity contribution in [1.29, 1.82) is 0 Å². The van der Waals surface area contributed by atoms with Crippen molar-refractivity contribution in [2.45, 2.75) is 6.54 Å². The number of aromatic nitrogens is 3. The van der Waals surface area contributed by atoms with Gasteiger partial charge in [0.2, 0.25) is 0 Å². The second kappa shape index (κ2) is 6.41. The van der Waals surface area contributed by atoms with Crippen LogP contribution in [0.1, 0.15) is 16.1 Å². The number of H-pyrrole nitrogens is 1. The summed E-state index contributed by atoms with van der Waals surface area (Å²) in [5, 5.41) is 10.3. The van der Waals surface area contributed by atoms with Crippen molar-refractivity contribution in [3.63, 3.8) is 0 Å². The number of carbonyl (C=O) groups excluding carboxylic acids is 1. The molecular formula is C16H13ClN4O. The second-order valence-electron chi connectivity index (χ2n) is 4.72. The number of rotatable bonds is 4. The van der Waals surface area contributed by atoms with Crippen molar-refractivity contribution in [1.82, 2.24) is 20.5 Å². The Bertz CT molecular complexity index is 786. The van der Waals surface area contributed by atoms with Crippen LogP contribution in [-0.4, -0.2) is 21.1 Å². The monoisotopic (exact) mass is 312 g/mol. The van der Waals surface area contributed by atoms with Gasteiger partial charge in [-0.3, -0.25) is 14.9 Å². The molecule has 110 valence electrons. The zero-order chi connectivity index (χ0) is 15.4. The molecule has 0 bridgehead atoms. The minimum atomic E-state index is -0.218. The fourth-order valence-electron chi connectivity index (χ4n) is 2.01.